The molecule has 1 aliphatic rings. The number of carbonyl (C=O) groups excluding carboxylic acids is 1. The van der Waals surface area contributed by atoms with Crippen LogP contribution in [0.1, 0.15) is 46.0 Å². The van der Waals surface area contributed by atoms with Crippen LogP contribution in [0.2, 0.25) is 0 Å². The van der Waals surface area contributed by atoms with Gasteiger partial charge in [0.2, 0.25) is 0 Å². The molecule has 0 atom stereocenters. The van der Waals surface area contributed by atoms with E-state index in [2.05, 4.69) is 41.0 Å². The Morgan fingerprint density at radius 2 is 1.68 bits per heavy atom. The lowest BCUT2D eigenvalue weighted by Gasteiger charge is -2.16. The highest BCUT2D eigenvalue weighted by molar-refractivity contribution is 6.00. The van der Waals surface area contributed by atoms with Crippen molar-refractivity contribution in [1.29, 1.82) is 0 Å². The van der Waals surface area contributed by atoms with Gasteiger partial charge in [0.1, 0.15) is 5.75 Å². The molecule has 3 aromatic carbocycles. The molecule has 1 aliphatic heterocycles. The number of nitrogens with zero attached hydrogens (tertiary/aromatic N) is 3. The van der Waals surface area contributed by atoms with Gasteiger partial charge in [-0.3, -0.25) is 9.48 Å². The average Bonchev–Trinajstić information content (AvgIpc) is 3.45. The van der Waals surface area contributed by atoms with Gasteiger partial charge in [0.05, 0.1) is 12.7 Å². The minimum absolute atomic E-state index is 0.0552. The molecule has 0 saturated heterocycles. The second-order valence-corrected chi connectivity index (χ2v) is 9.18. The topological polar surface area (TPSA) is 47.4 Å². The zero-order valence-electron chi connectivity index (χ0n) is 20.3. The molecule has 190 valence electrons. The standard InChI is InChI=1S/C29H26F3N3O2/c1-2-6-22-13-23(25-15-33-35(19-25)17-20-7-4-3-5-8-20)14-24-18-34(28(36)27(22)24)16-21-9-11-26(12-10-21)37-29(30,31)32/h3-5,7-15,19H,2,6,16-18H2,1H3. The molecule has 37 heavy (non-hydrogen) atoms. The molecule has 2 heterocycles. The molecule has 0 bridgehead atoms. The van der Waals surface area contributed by atoms with Gasteiger partial charge < -0.3 is 9.64 Å². The van der Waals surface area contributed by atoms with Crippen LogP contribution in [0.25, 0.3) is 11.1 Å². The van der Waals surface area contributed by atoms with Crippen molar-refractivity contribution in [2.24, 2.45) is 0 Å². The summed E-state index contributed by atoms with van der Waals surface area (Å²) in [5, 5.41) is 4.53. The molecule has 5 nitrogen and oxygen atoms in total. The van der Waals surface area contributed by atoms with Crippen LogP contribution in [0.4, 0.5) is 13.2 Å². The number of hydrogen-bond donors (Lipinski definition) is 0. The maximum atomic E-state index is 13.3. The Labute approximate surface area is 213 Å². The molecular weight excluding hydrogens is 479 g/mol. The van der Waals surface area contributed by atoms with E-state index in [1.807, 2.05) is 35.3 Å². The van der Waals surface area contributed by atoms with Crippen LogP contribution in [0, 0.1) is 0 Å². The molecule has 4 aromatic rings. The summed E-state index contributed by atoms with van der Waals surface area (Å²) in [5.41, 5.74) is 6.60. The Morgan fingerprint density at radius 3 is 2.38 bits per heavy atom. The zero-order chi connectivity index (χ0) is 26.0. The van der Waals surface area contributed by atoms with Gasteiger partial charge in [-0.15, -0.1) is 13.2 Å². The summed E-state index contributed by atoms with van der Waals surface area (Å²) in [5.74, 6) is -0.338. The van der Waals surface area contributed by atoms with Crippen molar-refractivity contribution < 1.29 is 22.7 Å². The normalized spacial score (nSPS) is 13.2. The van der Waals surface area contributed by atoms with Crippen molar-refractivity contribution in [2.45, 2.75) is 45.8 Å². The molecule has 0 unspecified atom stereocenters. The SMILES string of the molecule is CCCc1cc(-c2cnn(Cc3ccccc3)c2)cc2c1C(=O)N(Cc1ccc(OC(F)(F)F)cc1)C2. The Bertz CT molecular complexity index is 1400. The van der Waals surface area contributed by atoms with E-state index in [1.165, 1.54) is 12.1 Å². The van der Waals surface area contributed by atoms with Crippen LogP contribution in [-0.2, 0) is 26.1 Å². The van der Waals surface area contributed by atoms with Gasteiger partial charge in [0, 0.05) is 30.4 Å². The third-order valence-corrected chi connectivity index (χ3v) is 6.37. The lowest BCUT2D eigenvalue weighted by Crippen LogP contribution is -2.23. The third-order valence-electron chi connectivity index (χ3n) is 6.37. The Balaban J connectivity index is 1.36. The summed E-state index contributed by atoms with van der Waals surface area (Å²) in [6, 6.07) is 19.9. The number of carbonyl (C=O) groups is 1. The molecule has 0 fully saturated rings. The molecular formula is C29H26F3N3O2. The number of ether oxygens (including phenoxy) is 1. The van der Waals surface area contributed by atoms with E-state index in [-0.39, 0.29) is 11.7 Å². The molecule has 5 rings (SSSR count). The van der Waals surface area contributed by atoms with Crippen LogP contribution < -0.4 is 4.74 Å². The smallest absolute Gasteiger partial charge is 0.406 e. The first-order valence-electron chi connectivity index (χ1n) is 12.2. The van der Waals surface area contributed by atoms with E-state index in [1.54, 1.807) is 17.0 Å². The van der Waals surface area contributed by atoms with E-state index in [0.29, 0.717) is 19.6 Å². The number of fused-ring (bicyclic) bond motifs is 1. The molecule has 8 heteroatoms. The highest BCUT2D eigenvalue weighted by Gasteiger charge is 2.32. The molecule has 1 aromatic heterocycles. The molecule has 0 aliphatic carbocycles. The van der Waals surface area contributed by atoms with E-state index in [9.17, 15) is 18.0 Å². The number of hydrogen-bond acceptors (Lipinski definition) is 3. The van der Waals surface area contributed by atoms with Gasteiger partial charge in [0.15, 0.2) is 0 Å². The monoisotopic (exact) mass is 505 g/mol. The highest BCUT2D eigenvalue weighted by atomic mass is 19.4. The number of alkyl halides is 3. The fourth-order valence-corrected chi connectivity index (χ4v) is 4.75. The van der Waals surface area contributed by atoms with Crippen LogP contribution in [-0.4, -0.2) is 26.9 Å². The first kappa shape index (κ1) is 24.6. The van der Waals surface area contributed by atoms with Crippen LogP contribution in [0.15, 0.2) is 79.1 Å². The predicted molar refractivity (Wildman–Crippen MR) is 134 cm³/mol. The fraction of sp³-hybridized carbons (Fsp3) is 0.241. The van der Waals surface area contributed by atoms with E-state index >= 15 is 0 Å². The second kappa shape index (κ2) is 10.1. The maximum Gasteiger partial charge on any atom is 0.573 e. The van der Waals surface area contributed by atoms with Crippen molar-refractivity contribution in [2.75, 3.05) is 0 Å². The van der Waals surface area contributed by atoms with Gasteiger partial charge in [-0.1, -0.05) is 61.9 Å². The van der Waals surface area contributed by atoms with Crippen LogP contribution in [0.5, 0.6) is 5.75 Å². The van der Waals surface area contributed by atoms with Gasteiger partial charge in [-0.25, -0.2) is 0 Å². The van der Waals surface area contributed by atoms with Crippen molar-refractivity contribution in [3.8, 4) is 16.9 Å². The van der Waals surface area contributed by atoms with Crippen molar-refractivity contribution >= 4 is 5.91 Å². The summed E-state index contributed by atoms with van der Waals surface area (Å²) < 4.78 is 43.2. The average molecular weight is 506 g/mol. The van der Waals surface area contributed by atoms with E-state index < -0.39 is 6.36 Å². The summed E-state index contributed by atoms with van der Waals surface area (Å²) in [7, 11) is 0. The zero-order valence-corrected chi connectivity index (χ0v) is 20.3. The lowest BCUT2D eigenvalue weighted by molar-refractivity contribution is -0.274. The van der Waals surface area contributed by atoms with Gasteiger partial charge in [-0.05, 0) is 52.4 Å². The van der Waals surface area contributed by atoms with Crippen LogP contribution >= 0.6 is 0 Å². The summed E-state index contributed by atoms with van der Waals surface area (Å²) >= 11 is 0. The number of aromatic nitrogens is 2. The molecule has 0 radical (unpaired) electrons. The van der Waals surface area contributed by atoms with Gasteiger partial charge in [0.25, 0.3) is 5.91 Å². The number of amides is 1. The van der Waals surface area contributed by atoms with Crippen molar-refractivity contribution in [1.82, 2.24) is 14.7 Å². The molecule has 0 N–H and O–H groups in total. The predicted octanol–water partition coefficient (Wildman–Crippen LogP) is 6.61. The molecule has 0 spiro atoms. The molecule has 0 saturated carbocycles. The Kier molecular flexibility index (Phi) is 6.74. The molecule has 1 amide bonds. The maximum absolute atomic E-state index is 13.3. The van der Waals surface area contributed by atoms with Gasteiger partial charge in [-0.2, -0.15) is 5.10 Å². The van der Waals surface area contributed by atoms with Crippen LogP contribution in [0.3, 0.4) is 0 Å². The summed E-state index contributed by atoms with van der Waals surface area (Å²) in [4.78, 5) is 15.1. The summed E-state index contributed by atoms with van der Waals surface area (Å²) in [6.45, 7) is 3.50. The van der Waals surface area contributed by atoms with E-state index in [0.717, 1.165) is 51.8 Å². The van der Waals surface area contributed by atoms with Crippen molar-refractivity contribution in [3.05, 3.63) is 107 Å². The lowest BCUT2D eigenvalue weighted by atomic mass is 9.94. The number of benzene rings is 3. The minimum atomic E-state index is -4.74. The number of halogens is 3. The quantitative estimate of drug-likeness (QED) is 0.271. The first-order chi connectivity index (χ1) is 17.8. The van der Waals surface area contributed by atoms with E-state index in [4.69, 9.17) is 0 Å². The second-order valence-electron chi connectivity index (χ2n) is 9.18. The largest absolute Gasteiger partial charge is 0.573 e. The third kappa shape index (κ3) is 5.69. The minimum Gasteiger partial charge on any atom is -0.406 e. The Morgan fingerprint density at radius 1 is 0.946 bits per heavy atom. The summed E-state index contributed by atoms with van der Waals surface area (Å²) in [6.07, 6.45) is 0.803. The Hall–Kier alpha value is -4.07. The fourth-order valence-electron chi connectivity index (χ4n) is 4.75. The number of aryl methyl sites for hydroxylation is 1. The highest BCUT2D eigenvalue weighted by Crippen LogP contribution is 2.33. The number of rotatable bonds is 8. The first-order valence-corrected chi connectivity index (χ1v) is 12.2. The van der Waals surface area contributed by atoms with Gasteiger partial charge >= 0.3 is 6.36 Å². The van der Waals surface area contributed by atoms with Crippen molar-refractivity contribution in [3.63, 3.8) is 0 Å².